The van der Waals surface area contributed by atoms with Crippen molar-refractivity contribution in [1.29, 1.82) is 0 Å². The van der Waals surface area contributed by atoms with Gasteiger partial charge in [0, 0.05) is 0 Å². The van der Waals surface area contributed by atoms with Gasteiger partial charge in [0.1, 0.15) is 12.4 Å². The van der Waals surface area contributed by atoms with Gasteiger partial charge in [-0.25, -0.2) is 0 Å². The molecule has 0 fully saturated rings. The van der Waals surface area contributed by atoms with Crippen molar-refractivity contribution in [3.05, 3.63) is 78.4 Å². The Bertz CT molecular complexity index is 1080. The highest BCUT2D eigenvalue weighted by Gasteiger charge is 2.28. The minimum Gasteiger partial charge on any atom is -0.495 e. The first-order valence-corrected chi connectivity index (χ1v) is 9.38. The third kappa shape index (κ3) is 4.05. The van der Waals surface area contributed by atoms with Crippen LogP contribution in [0.3, 0.4) is 0 Å². The van der Waals surface area contributed by atoms with E-state index >= 15 is 0 Å². The molecular weight excluding hydrogens is 384 g/mol. The van der Waals surface area contributed by atoms with Gasteiger partial charge in [0.2, 0.25) is 6.10 Å². The number of hydrogen-bond donors (Lipinski definition) is 2. The van der Waals surface area contributed by atoms with Crippen molar-refractivity contribution in [3.63, 3.8) is 0 Å². The Morgan fingerprint density at radius 1 is 0.867 bits per heavy atom. The lowest BCUT2D eigenvalue weighted by molar-refractivity contribution is -0.125. The molecule has 1 aliphatic rings. The first-order valence-electron chi connectivity index (χ1n) is 9.38. The molecular formula is C23H20N2O5. The third-order valence-electron chi connectivity index (χ3n) is 4.59. The number of amides is 2. The molecule has 3 aromatic carbocycles. The van der Waals surface area contributed by atoms with Gasteiger partial charge in [0.25, 0.3) is 11.8 Å². The largest absolute Gasteiger partial charge is 0.495 e. The Kier molecular flexibility index (Phi) is 5.52. The molecule has 0 saturated carbocycles. The van der Waals surface area contributed by atoms with E-state index in [-0.39, 0.29) is 12.5 Å². The molecule has 1 atom stereocenters. The summed E-state index contributed by atoms with van der Waals surface area (Å²) in [5.74, 6) is 0.867. The van der Waals surface area contributed by atoms with Crippen molar-refractivity contribution >= 4 is 23.2 Å². The summed E-state index contributed by atoms with van der Waals surface area (Å²) in [5, 5.41) is 5.58. The quantitative estimate of drug-likeness (QED) is 0.677. The number of anilines is 2. The zero-order valence-corrected chi connectivity index (χ0v) is 16.3. The maximum atomic E-state index is 12.9. The van der Waals surface area contributed by atoms with E-state index in [1.165, 1.54) is 7.11 Å². The summed E-state index contributed by atoms with van der Waals surface area (Å²) in [4.78, 5) is 25.6. The molecule has 152 valence electrons. The van der Waals surface area contributed by atoms with Gasteiger partial charge < -0.3 is 24.8 Å². The molecule has 2 amide bonds. The molecule has 1 aliphatic heterocycles. The molecule has 1 heterocycles. The molecule has 4 rings (SSSR count). The Morgan fingerprint density at radius 3 is 2.33 bits per heavy atom. The molecule has 7 nitrogen and oxygen atoms in total. The topological polar surface area (TPSA) is 85.9 Å². The van der Waals surface area contributed by atoms with Gasteiger partial charge in [0.15, 0.2) is 11.5 Å². The van der Waals surface area contributed by atoms with Gasteiger partial charge in [-0.1, -0.05) is 36.4 Å². The van der Waals surface area contributed by atoms with Crippen LogP contribution >= 0.6 is 0 Å². The minimum absolute atomic E-state index is 0.0818. The summed E-state index contributed by atoms with van der Waals surface area (Å²) in [6, 6.07) is 21.0. The van der Waals surface area contributed by atoms with Crippen LogP contribution in [0.4, 0.5) is 11.4 Å². The van der Waals surface area contributed by atoms with Gasteiger partial charge >= 0.3 is 0 Å². The Morgan fingerprint density at radius 2 is 1.53 bits per heavy atom. The molecule has 0 aliphatic carbocycles. The van der Waals surface area contributed by atoms with E-state index in [2.05, 4.69) is 10.6 Å². The number of rotatable bonds is 5. The highest BCUT2D eigenvalue weighted by molar-refractivity contribution is 6.11. The fourth-order valence-electron chi connectivity index (χ4n) is 3.09. The number of hydrogen-bond acceptors (Lipinski definition) is 5. The SMILES string of the molecule is COc1ccccc1NC(=O)c1ccccc1NC(=O)[C@H]1COc2ccccc2O1. The van der Waals surface area contributed by atoms with Crippen molar-refractivity contribution in [2.45, 2.75) is 6.10 Å². The van der Waals surface area contributed by atoms with E-state index in [1.807, 2.05) is 12.1 Å². The molecule has 0 spiro atoms. The van der Waals surface area contributed by atoms with Crippen LogP contribution < -0.4 is 24.8 Å². The zero-order valence-electron chi connectivity index (χ0n) is 16.3. The number of benzene rings is 3. The molecule has 0 bridgehead atoms. The number of ether oxygens (including phenoxy) is 3. The van der Waals surface area contributed by atoms with E-state index in [9.17, 15) is 9.59 Å². The van der Waals surface area contributed by atoms with Crippen LogP contribution in [0.1, 0.15) is 10.4 Å². The Hall–Kier alpha value is -4.00. The highest BCUT2D eigenvalue weighted by atomic mass is 16.6. The lowest BCUT2D eigenvalue weighted by atomic mass is 10.1. The second-order valence-corrected chi connectivity index (χ2v) is 6.55. The van der Waals surface area contributed by atoms with Crippen molar-refractivity contribution in [2.24, 2.45) is 0 Å². The van der Waals surface area contributed by atoms with Gasteiger partial charge in [-0.05, 0) is 36.4 Å². The van der Waals surface area contributed by atoms with E-state index in [4.69, 9.17) is 14.2 Å². The monoisotopic (exact) mass is 404 g/mol. The van der Waals surface area contributed by atoms with E-state index in [1.54, 1.807) is 60.7 Å². The van der Waals surface area contributed by atoms with Crippen molar-refractivity contribution < 1.29 is 23.8 Å². The van der Waals surface area contributed by atoms with E-state index in [0.717, 1.165) is 0 Å². The average Bonchev–Trinajstić information content (AvgIpc) is 2.79. The first kappa shape index (κ1) is 19.3. The van der Waals surface area contributed by atoms with Gasteiger partial charge in [-0.3, -0.25) is 9.59 Å². The Labute approximate surface area is 173 Å². The molecule has 3 aromatic rings. The van der Waals surface area contributed by atoms with Crippen LogP contribution in [-0.4, -0.2) is 31.6 Å². The predicted octanol–water partition coefficient (Wildman–Crippen LogP) is 3.73. The number of fused-ring (bicyclic) bond motifs is 1. The lowest BCUT2D eigenvalue weighted by Crippen LogP contribution is -2.40. The van der Waals surface area contributed by atoms with Gasteiger partial charge in [-0.2, -0.15) is 0 Å². The van der Waals surface area contributed by atoms with Crippen LogP contribution in [0, 0.1) is 0 Å². The van der Waals surface area contributed by atoms with Crippen molar-refractivity contribution in [3.8, 4) is 17.2 Å². The van der Waals surface area contributed by atoms with Crippen LogP contribution in [0.15, 0.2) is 72.8 Å². The average molecular weight is 404 g/mol. The van der Waals surface area contributed by atoms with E-state index < -0.39 is 12.0 Å². The highest BCUT2D eigenvalue weighted by Crippen LogP contribution is 2.31. The van der Waals surface area contributed by atoms with Crippen LogP contribution in [-0.2, 0) is 4.79 Å². The fourth-order valence-corrected chi connectivity index (χ4v) is 3.09. The van der Waals surface area contributed by atoms with Crippen LogP contribution in [0.5, 0.6) is 17.2 Å². The molecule has 7 heteroatoms. The third-order valence-corrected chi connectivity index (χ3v) is 4.59. The maximum absolute atomic E-state index is 12.9. The smallest absolute Gasteiger partial charge is 0.269 e. The molecule has 30 heavy (non-hydrogen) atoms. The lowest BCUT2D eigenvalue weighted by Gasteiger charge is -2.25. The Balaban J connectivity index is 1.49. The summed E-state index contributed by atoms with van der Waals surface area (Å²) in [7, 11) is 1.53. The number of carbonyl (C=O) groups is 2. The second kappa shape index (κ2) is 8.57. The molecule has 2 N–H and O–H groups in total. The molecule has 0 unspecified atom stereocenters. The van der Waals surface area contributed by atoms with Crippen LogP contribution in [0.2, 0.25) is 0 Å². The van der Waals surface area contributed by atoms with Gasteiger partial charge in [0.05, 0.1) is 24.0 Å². The van der Waals surface area contributed by atoms with Crippen LogP contribution in [0.25, 0.3) is 0 Å². The van der Waals surface area contributed by atoms with Crippen molar-refractivity contribution in [2.75, 3.05) is 24.4 Å². The number of carbonyl (C=O) groups excluding carboxylic acids is 2. The summed E-state index contributed by atoms with van der Waals surface area (Å²) in [6.07, 6.45) is -0.828. The summed E-state index contributed by atoms with van der Waals surface area (Å²) in [5.41, 5.74) is 1.22. The molecule has 0 saturated heterocycles. The number of methoxy groups -OCH3 is 1. The summed E-state index contributed by atoms with van der Waals surface area (Å²) < 4.78 is 16.6. The number of nitrogens with one attached hydrogen (secondary N) is 2. The normalized spacial score (nSPS) is 14.5. The van der Waals surface area contributed by atoms with E-state index in [0.29, 0.717) is 34.2 Å². The standard InChI is InChI=1S/C23H20N2O5/c1-28-18-11-5-4-10-17(18)25-22(26)15-8-2-3-9-16(15)24-23(27)21-14-29-19-12-6-7-13-20(19)30-21/h2-13,21H,14H2,1H3,(H,24,27)(H,25,26)/t21-/m1/s1. The summed E-state index contributed by atoms with van der Waals surface area (Å²) in [6.45, 7) is 0.0818. The minimum atomic E-state index is -0.828. The fraction of sp³-hybridized carbons (Fsp3) is 0.130. The molecule has 0 radical (unpaired) electrons. The molecule has 0 aromatic heterocycles. The zero-order chi connectivity index (χ0) is 20.9. The first-order chi connectivity index (χ1) is 14.7. The van der Waals surface area contributed by atoms with Gasteiger partial charge in [-0.15, -0.1) is 0 Å². The number of para-hydroxylation sites is 5. The van der Waals surface area contributed by atoms with Crippen molar-refractivity contribution in [1.82, 2.24) is 0 Å². The summed E-state index contributed by atoms with van der Waals surface area (Å²) >= 11 is 0. The second-order valence-electron chi connectivity index (χ2n) is 6.55. The maximum Gasteiger partial charge on any atom is 0.269 e. The predicted molar refractivity (Wildman–Crippen MR) is 112 cm³/mol.